The Morgan fingerprint density at radius 3 is 2.57 bits per heavy atom. The molecule has 8 nitrogen and oxygen atoms in total. The zero-order valence-corrected chi connectivity index (χ0v) is 16.0. The third-order valence-electron chi connectivity index (χ3n) is 4.87. The number of hydrogen-bond donors (Lipinski definition) is 1. The lowest BCUT2D eigenvalue weighted by molar-refractivity contribution is -0.124. The molecule has 0 bridgehead atoms. The van der Waals surface area contributed by atoms with E-state index in [4.69, 9.17) is 4.74 Å². The highest BCUT2D eigenvalue weighted by Gasteiger charge is 2.31. The molecule has 0 spiro atoms. The van der Waals surface area contributed by atoms with E-state index in [1.807, 2.05) is 30.3 Å². The van der Waals surface area contributed by atoms with Crippen LogP contribution in [-0.2, 0) is 19.4 Å². The fourth-order valence-electron chi connectivity index (χ4n) is 3.27. The largest absolute Gasteiger partial charge is 0.451 e. The van der Waals surface area contributed by atoms with Gasteiger partial charge in [-0.3, -0.25) is 4.79 Å². The van der Waals surface area contributed by atoms with Gasteiger partial charge in [0, 0.05) is 12.0 Å². The molecule has 0 radical (unpaired) electrons. The van der Waals surface area contributed by atoms with Gasteiger partial charge in [-0.2, -0.15) is 5.10 Å². The Morgan fingerprint density at radius 1 is 1.18 bits per heavy atom. The highest BCUT2D eigenvalue weighted by molar-refractivity contribution is 7.91. The van der Waals surface area contributed by atoms with Gasteiger partial charge >= 0.3 is 5.97 Å². The van der Waals surface area contributed by atoms with E-state index in [2.05, 4.69) is 10.4 Å². The van der Waals surface area contributed by atoms with Crippen LogP contribution in [0.1, 0.15) is 41.4 Å². The van der Waals surface area contributed by atoms with Gasteiger partial charge in [-0.05, 0) is 37.5 Å². The van der Waals surface area contributed by atoms with Crippen LogP contribution in [0.5, 0.6) is 0 Å². The third kappa shape index (κ3) is 4.24. The number of sulfone groups is 1. The van der Waals surface area contributed by atoms with Gasteiger partial charge in [0.05, 0.1) is 22.9 Å². The lowest BCUT2D eigenvalue weighted by Gasteiger charge is -2.11. The smallest absolute Gasteiger partial charge is 0.357 e. The molecule has 1 aliphatic heterocycles. The zero-order chi connectivity index (χ0) is 19.7. The molecule has 9 heteroatoms. The molecule has 1 amide bonds. The predicted octanol–water partition coefficient (Wildman–Crippen LogP) is 1.21. The quantitative estimate of drug-likeness (QED) is 0.727. The summed E-state index contributed by atoms with van der Waals surface area (Å²) in [5, 5.41) is 7.14. The molecule has 2 aromatic rings. The van der Waals surface area contributed by atoms with Crippen LogP contribution < -0.4 is 5.32 Å². The summed E-state index contributed by atoms with van der Waals surface area (Å²) in [4.78, 5) is 24.6. The molecule has 1 atom stereocenters. The van der Waals surface area contributed by atoms with Crippen LogP contribution in [-0.4, -0.2) is 54.2 Å². The Balaban J connectivity index is 1.42. The number of hydrogen-bond acceptors (Lipinski definition) is 6. The molecule has 28 heavy (non-hydrogen) atoms. The fourth-order valence-corrected chi connectivity index (χ4v) is 4.95. The van der Waals surface area contributed by atoms with Gasteiger partial charge < -0.3 is 10.1 Å². The molecular weight excluding hydrogens is 382 g/mol. The van der Waals surface area contributed by atoms with E-state index in [1.165, 1.54) is 4.68 Å². The minimum absolute atomic E-state index is 0.0674. The molecule has 1 aliphatic carbocycles. The summed E-state index contributed by atoms with van der Waals surface area (Å²) in [6.45, 7) is -0.464. The van der Waals surface area contributed by atoms with Crippen LogP contribution >= 0.6 is 0 Å². The molecule has 2 aliphatic rings. The second-order valence-corrected chi connectivity index (χ2v) is 9.45. The van der Waals surface area contributed by atoms with Crippen LogP contribution in [0.15, 0.2) is 36.4 Å². The number of carbonyl (C=O) groups excluding carboxylic acids is 2. The Labute approximate surface area is 162 Å². The van der Waals surface area contributed by atoms with E-state index in [1.54, 1.807) is 6.07 Å². The molecule has 148 valence electrons. The minimum atomic E-state index is -3.09. The van der Waals surface area contributed by atoms with Crippen LogP contribution in [0.3, 0.4) is 0 Å². The Bertz CT molecular complexity index is 996. The lowest BCUT2D eigenvalue weighted by atomic mass is 10.2. The van der Waals surface area contributed by atoms with E-state index < -0.39 is 34.4 Å². The van der Waals surface area contributed by atoms with Crippen molar-refractivity contribution in [2.75, 3.05) is 18.1 Å². The maximum absolute atomic E-state index is 12.6. The molecule has 1 aromatic carbocycles. The van der Waals surface area contributed by atoms with Crippen molar-refractivity contribution in [1.29, 1.82) is 0 Å². The van der Waals surface area contributed by atoms with E-state index in [0.717, 1.165) is 24.2 Å². The number of nitrogens with one attached hydrogen (secondary N) is 1. The number of nitrogens with zero attached hydrogens (tertiary/aromatic N) is 2. The summed E-state index contributed by atoms with van der Waals surface area (Å²) in [6, 6.07) is 10.6. The Kier molecular flexibility index (Phi) is 4.92. The summed E-state index contributed by atoms with van der Waals surface area (Å²) in [5.41, 5.74) is 1.85. The van der Waals surface area contributed by atoms with E-state index >= 15 is 0 Å². The molecule has 1 aromatic heterocycles. The molecule has 4 rings (SSSR count). The molecular formula is C19H21N3O5S. The minimum Gasteiger partial charge on any atom is -0.451 e. The molecule has 1 saturated heterocycles. The molecule has 2 heterocycles. The number of amides is 1. The molecule has 0 unspecified atom stereocenters. The second-order valence-electron chi connectivity index (χ2n) is 7.22. The van der Waals surface area contributed by atoms with E-state index in [9.17, 15) is 18.0 Å². The van der Waals surface area contributed by atoms with Crippen LogP contribution in [0.2, 0.25) is 0 Å². The van der Waals surface area contributed by atoms with Gasteiger partial charge in [0.25, 0.3) is 5.91 Å². The van der Waals surface area contributed by atoms with Gasteiger partial charge in [0.2, 0.25) is 0 Å². The number of ether oxygens (including phenoxy) is 1. The van der Waals surface area contributed by atoms with Crippen molar-refractivity contribution in [2.45, 2.75) is 31.2 Å². The van der Waals surface area contributed by atoms with Crippen LogP contribution in [0, 0.1) is 0 Å². The number of benzene rings is 1. The van der Waals surface area contributed by atoms with E-state index in [0.29, 0.717) is 12.3 Å². The van der Waals surface area contributed by atoms with Crippen LogP contribution in [0.25, 0.3) is 5.69 Å². The number of carbonyl (C=O) groups is 2. The fraction of sp³-hybridized carbons (Fsp3) is 0.421. The van der Waals surface area contributed by atoms with Crippen molar-refractivity contribution >= 4 is 21.7 Å². The SMILES string of the molecule is O=C(COC(=O)c1cc(C2CC2)nn1-c1ccccc1)N[C@@H]1CCS(=O)(=O)C1. The maximum atomic E-state index is 12.6. The van der Waals surface area contributed by atoms with E-state index in [-0.39, 0.29) is 17.2 Å². The summed E-state index contributed by atoms with van der Waals surface area (Å²) >= 11 is 0. The van der Waals surface area contributed by atoms with Crippen molar-refractivity contribution in [3.63, 3.8) is 0 Å². The standard InChI is InChI=1S/C19H21N3O5S/c23-18(20-14-8-9-28(25,26)12-14)11-27-19(24)17-10-16(13-6-7-13)21-22(17)15-4-2-1-3-5-15/h1-5,10,13-14H,6-9,11-12H2,(H,20,23)/t14-/m1/s1. The van der Waals surface area contributed by atoms with Crippen molar-refractivity contribution < 1.29 is 22.7 Å². The van der Waals surface area contributed by atoms with Crippen molar-refractivity contribution in [3.8, 4) is 5.69 Å². The summed E-state index contributed by atoms with van der Waals surface area (Å²) < 4.78 is 29.6. The number of aromatic nitrogens is 2. The van der Waals surface area contributed by atoms with Gasteiger partial charge in [-0.25, -0.2) is 17.9 Å². The summed E-state index contributed by atoms with van der Waals surface area (Å²) in [7, 11) is -3.09. The highest BCUT2D eigenvalue weighted by atomic mass is 32.2. The first-order valence-electron chi connectivity index (χ1n) is 9.23. The van der Waals surface area contributed by atoms with Gasteiger partial charge in [-0.1, -0.05) is 18.2 Å². The van der Waals surface area contributed by atoms with Crippen molar-refractivity contribution in [3.05, 3.63) is 47.8 Å². The average Bonchev–Trinajstić information content (AvgIpc) is 3.33. The Hall–Kier alpha value is -2.68. The normalized spacial score (nSPS) is 20.6. The molecule has 1 saturated carbocycles. The Morgan fingerprint density at radius 2 is 1.93 bits per heavy atom. The first kappa shape index (κ1) is 18.7. The van der Waals surface area contributed by atoms with Gasteiger partial charge in [-0.15, -0.1) is 0 Å². The number of para-hydroxylation sites is 1. The summed E-state index contributed by atoms with van der Waals surface area (Å²) in [6.07, 6.45) is 2.48. The molecule has 2 fully saturated rings. The van der Waals surface area contributed by atoms with Crippen LogP contribution in [0.4, 0.5) is 0 Å². The average molecular weight is 403 g/mol. The topological polar surface area (TPSA) is 107 Å². The number of rotatable bonds is 6. The number of esters is 1. The molecule has 1 N–H and O–H groups in total. The van der Waals surface area contributed by atoms with Crippen molar-refractivity contribution in [1.82, 2.24) is 15.1 Å². The lowest BCUT2D eigenvalue weighted by Crippen LogP contribution is -2.38. The zero-order valence-electron chi connectivity index (χ0n) is 15.2. The first-order valence-corrected chi connectivity index (χ1v) is 11.1. The second kappa shape index (κ2) is 7.38. The monoisotopic (exact) mass is 403 g/mol. The first-order chi connectivity index (χ1) is 13.4. The maximum Gasteiger partial charge on any atom is 0.357 e. The van der Waals surface area contributed by atoms with Gasteiger partial charge in [0.1, 0.15) is 0 Å². The van der Waals surface area contributed by atoms with Gasteiger partial charge in [0.15, 0.2) is 22.1 Å². The predicted molar refractivity (Wildman–Crippen MR) is 101 cm³/mol. The third-order valence-corrected chi connectivity index (χ3v) is 6.63. The highest BCUT2D eigenvalue weighted by Crippen LogP contribution is 2.39. The van der Waals surface area contributed by atoms with Crippen molar-refractivity contribution in [2.24, 2.45) is 0 Å². The summed E-state index contributed by atoms with van der Waals surface area (Å²) in [5.74, 6) is -0.791.